The number of likely N-dealkylation sites (N-methyl/N-ethyl adjacent to an activating group) is 1. The van der Waals surface area contributed by atoms with Gasteiger partial charge in [0, 0.05) is 77.7 Å². The molecule has 24 nitrogen and oxygen atoms in total. The third-order valence-electron chi connectivity index (χ3n) is 15.0. The Bertz CT molecular complexity index is 2790. The first-order valence-corrected chi connectivity index (χ1v) is 28.0. The largest absolute Gasteiger partial charge is 0.495 e. The Balaban J connectivity index is 1.14. The molecule has 1 saturated heterocycles. The van der Waals surface area contributed by atoms with Gasteiger partial charge in [-0.3, -0.25) is 29.4 Å². The SMILES string of the molecule is CNN(C)Cc1cc2ccccc2n1CCC(=O)N[C@@H](CCC(=O)O)C(=O)NCCOCCOCCC(=O)N(C)[C@@H](C)C(=O)O[C@H]1CC(=O)N(C)c2cc(cc(OC)c2Cl)C/C(C)=C/C=C/[C@@H](OC)C(O)C[C@H](OC(N)=O)[C@@H](C)C2O[C@]21C. The van der Waals surface area contributed by atoms with Crippen molar-refractivity contribution in [2.45, 2.75) is 134 Å². The third kappa shape index (κ3) is 19.2. The molecule has 5 amide bonds. The number of nitrogens with two attached hydrogens (primary N) is 1. The number of carbonyl (C=O) groups excluding carboxylic acids is 6. The molecular formula is C58H83ClN8O16. The smallest absolute Gasteiger partial charge is 0.404 e. The summed E-state index contributed by atoms with van der Waals surface area (Å²) in [6.07, 6.45) is -1.48. The van der Waals surface area contributed by atoms with E-state index in [0.717, 1.165) is 27.7 Å². The first kappa shape index (κ1) is 67.2. The van der Waals surface area contributed by atoms with Gasteiger partial charge in [0.15, 0.2) is 0 Å². The molecule has 2 aliphatic heterocycles. The number of aryl methyl sites for hydroxylation is 1. The number of hydrogen-bond acceptors (Lipinski definition) is 17. The van der Waals surface area contributed by atoms with Crippen LogP contribution in [0, 0.1) is 5.92 Å². The second-order valence-corrected chi connectivity index (χ2v) is 21.4. The van der Waals surface area contributed by atoms with Crippen LogP contribution in [0.5, 0.6) is 5.75 Å². The Morgan fingerprint density at radius 3 is 2.39 bits per heavy atom. The summed E-state index contributed by atoms with van der Waals surface area (Å²) in [5, 5.41) is 29.2. The van der Waals surface area contributed by atoms with Crippen LogP contribution in [0.15, 0.2) is 66.3 Å². The molecule has 83 heavy (non-hydrogen) atoms. The third-order valence-corrected chi connectivity index (χ3v) is 15.4. The number of amides is 5. The van der Waals surface area contributed by atoms with E-state index in [0.29, 0.717) is 30.9 Å². The van der Waals surface area contributed by atoms with Gasteiger partial charge in [-0.1, -0.05) is 60.5 Å². The topological polar surface area (TPSA) is 305 Å². The zero-order valence-electron chi connectivity index (χ0n) is 49.1. The number of carbonyl (C=O) groups is 7. The Kier molecular flexibility index (Phi) is 25.8. The molecular weight excluding hydrogens is 1100 g/mol. The number of nitrogens with zero attached hydrogens (tertiary/aromatic N) is 4. The number of aliphatic hydroxyl groups is 1. The van der Waals surface area contributed by atoms with E-state index >= 15 is 0 Å². The van der Waals surface area contributed by atoms with Crippen LogP contribution < -0.4 is 31.4 Å². The lowest BCUT2D eigenvalue weighted by Crippen LogP contribution is -2.47. The molecule has 3 heterocycles. The number of hydrogen-bond donors (Lipinski definition) is 6. The van der Waals surface area contributed by atoms with E-state index in [1.165, 1.54) is 45.0 Å². The predicted octanol–water partition coefficient (Wildman–Crippen LogP) is 4.04. The van der Waals surface area contributed by atoms with E-state index in [2.05, 4.69) is 22.1 Å². The Hall–Kier alpha value is -6.64. The molecule has 2 aromatic carbocycles. The lowest BCUT2D eigenvalue weighted by molar-refractivity contribution is -0.162. The average molecular weight is 1180 g/mol. The van der Waals surface area contributed by atoms with Gasteiger partial charge in [0.05, 0.1) is 70.8 Å². The lowest BCUT2D eigenvalue weighted by atomic mass is 9.85. The van der Waals surface area contributed by atoms with Gasteiger partial charge in [0.2, 0.25) is 23.6 Å². The Morgan fingerprint density at radius 1 is 1.00 bits per heavy atom. The summed E-state index contributed by atoms with van der Waals surface area (Å²) < 4.78 is 42.4. The number of methoxy groups -OCH3 is 2. The van der Waals surface area contributed by atoms with Crippen molar-refractivity contribution in [1.29, 1.82) is 0 Å². The molecule has 7 N–H and O–H groups in total. The summed E-state index contributed by atoms with van der Waals surface area (Å²) in [5.74, 6) is -4.23. The monoisotopic (exact) mass is 1180 g/mol. The molecule has 25 heteroatoms. The maximum Gasteiger partial charge on any atom is 0.404 e. The number of carboxylic acid groups (broad SMARTS) is 1. The molecule has 5 rings (SSSR count). The van der Waals surface area contributed by atoms with Crippen molar-refractivity contribution in [1.82, 2.24) is 30.5 Å². The number of hydrazine groups is 1. The van der Waals surface area contributed by atoms with Crippen molar-refractivity contribution in [2.75, 3.05) is 80.3 Å². The first-order chi connectivity index (χ1) is 39.4. The summed E-state index contributed by atoms with van der Waals surface area (Å²) in [6, 6.07) is 11.2. The fraction of sp³-hybridized carbons (Fsp3) is 0.569. The van der Waals surface area contributed by atoms with Crippen molar-refractivity contribution in [3.8, 4) is 5.75 Å². The van der Waals surface area contributed by atoms with Crippen molar-refractivity contribution in [2.24, 2.45) is 11.7 Å². The highest BCUT2D eigenvalue weighted by molar-refractivity contribution is 6.35. The Morgan fingerprint density at radius 2 is 1.71 bits per heavy atom. The Labute approximate surface area is 489 Å². The molecule has 1 fully saturated rings. The number of para-hydroxylation sites is 1. The van der Waals surface area contributed by atoms with E-state index in [-0.39, 0.29) is 70.1 Å². The van der Waals surface area contributed by atoms with Gasteiger partial charge in [-0.05, 0) is 75.9 Å². The number of rotatable bonds is 26. The van der Waals surface area contributed by atoms with Crippen LogP contribution in [-0.2, 0) is 76.7 Å². The number of aliphatic carboxylic acids is 1. The van der Waals surface area contributed by atoms with Crippen molar-refractivity contribution < 1.29 is 76.9 Å². The predicted molar refractivity (Wildman–Crippen MR) is 308 cm³/mol. The van der Waals surface area contributed by atoms with Crippen molar-refractivity contribution in [3.05, 3.63) is 82.5 Å². The van der Waals surface area contributed by atoms with E-state index in [1.807, 2.05) is 60.9 Å². The van der Waals surface area contributed by atoms with Gasteiger partial charge in [-0.2, -0.15) is 0 Å². The number of esters is 1. The number of allylic oxidation sites excluding steroid dienone is 3. The number of aromatic nitrogens is 1. The normalized spacial score (nSPS) is 23.0. The second-order valence-electron chi connectivity index (χ2n) is 21.0. The zero-order chi connectivity index (χ0) is 61.1. The fourth-order valence-electron chi connectivity index (χ4n) is 9.85. The number of benzene rings is 2. The van der Waals surface area contributed by atoms with Crippen LogP contribution in [0.2, 0.25) is 5.02 Å². The van der Waals surface area contributed by atoms with Gasteiger partial charge < -0.3 is 74.1 Å². The summed E-state index contributed by atoms with van der Waals surface area (Å²) in [7, 11) is 9.58. The number of fused-ring (bicyclic) bond motifs is 4. The maximum absolute atomic E-state index is 14.4. The van der Waals surface area contributed by atoms with Gasteiger partial charge >= 0.3 is 18.0 Å². The summed E-state index contributed by atoms with van der Waals surface area (Å²) in [4.78, 5) is 94.4. The number of epoxide rings is 1. The van der Waals surface area contributed by atoms with Gasteiger partial charge in [0.1, 0.15) is 46.8 Å². The number of ether oxygens (including phenoxy) is 7. The van der Waals surface area contributed by atoms with Gasteiger partial charge in [-0.15, -0.1) is 0 Å². The second kappa shape index (κ2) is 31.9. The van der Waals surface area contributed by atoms with Gasteiger partial charge in [-0.25, -0.2) is 14.6 Å². The first-order valence-electron chi connectivity index (χ1n) is 27.6. The molecule has 458 valence electrons. The molecule has 2 unspecified atom stereocenters. The minimum absolute atomic E-state index is 0.0329. The lowest BCUT2D eigenvalue weighted by Gasteiger charge is -2.30. The van der Waals surface area contributed by atoms with E-state index < -0.39 is 102 Å². The maximum atomic E-state index is 14.4. The molecule has 2 aliphatic rings. The number of nitrogens with one attached hydrogen (secondary N) is 3. The summed E-state index contributed by atoms with van der Waals surface area (Å²) in [5.41, 5.74) is 11.2. The highest BCUT2D eigenvalue weighted by Crippen LogP contribution is 2.48. The molecule has 0 spiro atoms. The van der Waals surface area contributed by atoms with Crippen LogP contribution in [0.25, 0.3) is 10.9 Å². The van der Waals surface area contributed by atoms with Crippen LogP contribution in [0.1, 0.15) is 77.5 Å². The van der Waals surface area contributed by atoms with E-state index in [4.69, 9.17) is 50.5 Å². The summed E-state index contributed by atoms with van der Waals surface area (Å²) >= 11 is 6.81. The molecule has 2 bridgehead atoms. The van der Waals surface area contributed by atoms with Crippen LogP contribution in [0.4, 0.5) is 10.5 Å². The fourth-order valence-corrected chi connectivity index (χ4v) is 10.2. The number of carboxylic acids is 1. The molecule has 0 radical (unpaired) electrons. The van der Waals surface area contributed by atoms with Crippen LogP contribution >= 0.6 is 11.6 Å². The van der Waals surface area contributed by atoms with Crippen molar-refractivity contribution >= 4 is 69.9 Å². The molecule has 1 aromatic heterocycles. The zero-order valence-corrected chi connectivity index (χ0v) is 49.9. The molecule has 0 aliphatic carbocycles. The molecule has 9 atom stereocenters. The highest BCUT2D eigenvalue weighted by Gasteiger charge is 2.63. The highest BCUT2D eigenvalue weighted by atomic mass is 35.5. The minimum atomic E-state index is -1.34. The quantitative estimate of drug-likeness (QED) is 0.0286. The van der Waals surface area contributed by atoms with Crippen LogP contribution in [0.3, 0.4) is 0 Å². The molecule has 3 aromatic rings. The van der Waals surface area contributed by atoms with E-state index in [1.54, 1.807) is 38.1 Å². The van der Waals surface area contributed by atoms with E-state index in [9.17, 15) is 43.8 Å². The number of halogens is 1. The average Bonchev–Trinajstić information content (AvgIpc) is 4.19. The minimum Gasteiger partial charge on any atom is -0.495 e. The number of primary amides is 1. The number of anilines is 1. The summed E-state index contributed by atoms with van der Waals surface area (Å²) in [6.45, 7) is 7.94. The molecule has 0 saturated carbocycles. The van der Waals surface area contributed by atoms with Crippen molar-refractivity contribution in [3.63, 3.8) is 0 Å². The van der Waals surface area contributed by atoms with Crippen LogP contribution in [-0.4, -0.2) is 190 Å². The standard InChI is InChI=1S/C58H83ClN8O16/c1-35-14-13-17-45(77-9)44(68)32-46(81-57(60)76)36(2)54-58(4,83-54)48(33-51(71)66(8)43-29-38(28-35)30-47(78-10)53(43)59)82-56(75)37(3)65(7)50(70)21-24-79-26-27-80-25-22-62-55(74)41(18-19-52(72)73)63-49(69)20-23-67-40(34-64(6)61-5)31-39-15-11-12-16-42(39)67/h11-17,29-31,36-37,41,44-46,48,54,61,68H,18-28,32-34H2,1-10H3,(H2,60,76)(H,62,74)(H,63,69)(H,72,73)/b17-13+,35-14+/t36-,37+,41+,44?,45-,46+,48+,54?,58+/m1/s1. The van der Waals surface area contributed by atoms with Gasteiger partial charge in [0.25, 0.3) is 0 Å². The number of aliphatic hydroxyl groups excluding tert-OH is 1.